The molecular formula is C21H21NO. The fourth-order valence-corrected chi connectivity index (χ4v) is 3.00. The van der Waals surface area contributed by atoms with Crippen LogP contribution in [0.25, 0.3) is 0 Å². The van der Waals surface area contributed by atoms with Gasteiger partial charge >= 0.3 is 0 Å². The van der Waals surface area contributed by atoms with E-state index in [4.69, 9.17) is 5.73 Å². The van der Waals surface area contributed by atoms with Crippen LogP contribution in [0, 0.1) is 0 Å². The Morgan fingerprint density at radius 1 is 0.696 bits per heavy atom. The fraction of sp³-hybridized carbons (Fsp3) is 0.143. The molecule has 3 aromatic carbocycles. The molecule has 3 aromatic rings. The molecule has 0 aliphatic carbocycles. The van der Waals surface area contributed by atoms with Crippen molar-refractivity contribution in [3.8, 4) is 0 Å². The van der Waals surface area contributed by atoms with Gasteiger partial charge in [-0.25, -0.2) is 0 Å². The first-order valence-corrected chi connectivity index (χ1v) is 7.84. The molecule has 23 heavy (non-hydrogen) atoms. The second kappa shape index (κ2) is 6.78. The summed E-state index contributed by atoms with van der Waals surface area (Å²) in [6, 6.07) is 28.9. The lowest BCUT2D eigenvalue weighted by Crippen LogP contribution is -2.47. The van der Waals surface area contributed by atoms with Gasteiger partial charge < -0.3 is 10.8 Å². The molecular weight excluding hydrogens is 282 g/mol. The highest BCUT2D eigenvalue weighted by atomic mass is 16.3. The van der Waals surface area contributed by atoms with Crippen molar-refractivity contribution in [1.29, 1.82) is 0 Å². The van der Waals surface area contributed by atoms with Crippen molar-refractivity contribution < 1.29 is 5.11 Å². The summed E-state index contributed by atoms with van der Waals surface area (Å²) < 4.78 is 0. The van der Waals surface area contributed by atoms with Crippen LogP contribution in [-0.4, -0.2) is 11.1 Å². The topological polar surface area (TPSA) is 46.2 Å². The summed E-state index contributed by atoms with van der Waals surface area (Å²) in [5.41, 5.74) is 8.02. The van der Waals surface area contributed by atoms with E-state index >= 15 is 0 Å². The van der Waals surface area contributed by atoms with Gasteiger partial charge in [0.2, 0.25) is 0 Å². The van der Waals surface area contributed by atoms with E-state index in [9.17, 15) is 5.11 Å². The predicted octanol–water partition coefficient (Wildman–Crippen LogP) is 3.49. The van der Waals surface area contributed by atoms with Crippen molar-refractivity contribution in [3.63, 3.8) is 0 Å². The highest BCUT2D eigenvalue weighted by Gasteiger charge is 2.37. The average molecular weight is 303 g/mol. The van der Waals surface area contributed by atoms with Gasteiger partial charge in [-0.2, -0.15) is 0 Å². The normalized spacial score (nSPS) is 12.8. The summed E-state index contributed by atoms with van der Waals surface area (Å²) in [6.45, 7) is 0. The number of hydrogen-bond donors (Lipinski definition) is 2. The van der Waals surface area contributed by atoms with Gasteiger partial charge in [-0.3, -0.25) is 0 Å². The maximum Gasteiger partial charge on any atom is 0.130 e. The Labute approximate surface area is 137 Å². The summed E-state index contributed by atoms with van der Waals surface area (Å²) in [5, 5.41) is 11.6. The second-order valence-corrected chi connectivity index (χ2v) is 5.79. The molecule has 2 nitrogen and oxygen atoms in total. The number of aliphatic hydroxyl groups is 1. The number of rotatable bonds is 5. The Morgan fingerprint density at radius 2 is 1.09 bits per heavy atom. The zero-order valence-electron chi connectivity index (χ0n) is 13.0. The predicted molar refractivity (Wildman–Crippen MR) is 94.0 cm³/mol. The van der Waals surface area contributed by atoms with Crippen LogP contribution in [0.1, 0.15) is 16.7 Å². The zero-order chi connectivity index (χ0) is 16.1. The van der Waals surface area contributed by atoms with E-state index in [2.05, 4.69) is 0 Å². The highest BCUT2D eigenvalue weighted by molar-refractivity contribution is 5.38. The summed E-state index contributed by atoms with van der Waals surface area (Å²) >= 11 is 0. The molecule has 3 rings (SSSR count). The summed E-state index contributed by atoms with van der Waals surface area (Å²) in [7, 11) is 0. The van der Waals surface area contributed by atoms with Crippen LogP contribution in [0.4, 0.5) is 0 Å². The molecule has 3 N–H and O–H groups in total. The van der Waals surface area contributed by atoms with Crippen molar-refractivity contribution in [1.82, 2.24) is 0 Å². The Balaban J connectivity index is 2.02. The first-order chi connectivity index (χ1) is 11.2. The number of nitrogens with two attached hydrogens (primary N) is 1. The third-order valence-corrected chi connectivity index (χ3v) is 4.26. The molecule has 0 saturated carbocycles. The van der Waals surface area contributed by atoms with Crippen molar-refractivity contribution >= 4 is 0 Å². The molecule has 0 spiro atoms. The monoisotopic (exact) mass is 303 g/mol. The van der Waals surface area contributed by atoms with Crippen LogP contribution in [0.5, 0.6) is 0 Å². The van der Waals surface area contributed by atoms with Crippen molar-refractivity contribution in [2.45, 2.75) is 18.1 Å². The van der Waals surface area contributed by atoms with E-state index in [0.29, 0.717) is 6.42 Å². The fourth-order valence-electron chi connectivity index (χ4n) is 3.00. The van der Waals surface area contributed by atoms with Gasteiger partial charge in [0.15, 0.2) is 0 Å². The van der Waals surface area contributed by atoms with Crippen LogP contribution in [0.15, 0.2) is 91.0 Å². The molecule has 0 amide bonds. The lowest BCUT2D eigenvalue weighted by molar-refractivity contribution is 0.0516. The summed E-state index contributed by atoms with van der Waals surface area (Å²) in [4.78, 5) is 0. The second-order valence-electron chi connectivity index (χ2n) is 5.79. The van der Waals surface area contributed by atoms with Gasteiger partial charge in [0.25, 0.3) is 0 Å². The van der Waals surface area contributed by atoms with Crippen LogP contribution >= 0.6 is 0 Å². The van der Waals surface area contributed by atoms with E-state index < -0.39 is 11.6 Å². The van der Waals surface area contributed by atoms with E-state index in [1.807, 2.05) is 91.0 Å². The van der Waals surface area contributed by atoms with Gasteiger partial charge in [0.1, 0.15) is 5.60 Å². The lowest BCUT2D eigenvalue weighted by atomic mass is 9.78. The smallest absolute Gasteiger partial charge is 0.130 e. The maximum atomic E-state index is 11.6. The van der Waals surface area contributed by atoms with Gasteiger partial charge in [-0.05, 0) is 23.1 Å². The zero-order valence-corrected chi connectivity index (χ0v) is 13.0. The molecule has 0 bridgehead atoms. The standard InChI is InChI=1S/C21H21NO/c22-20(16-17-10-4-1-5-11-17)21(23,18-12-6-2-7-13-18)19-14-8-3-9-15-19/h1-15,20,23H,16,22H2/t20-/m0/s1. The van der Waals surface area contributed by atoms with Crippen molar-refractivity contribution in [3.05, 3.63) is 108 Å². The van der Waals surface area contributed by atoms with Crippen LogP contribution in [0.2, 0.25) is 0 Å². The van der Waals surface area contributed by atoms with E-state index in [1.165, 1.54) is 0 Å². The van der Waals surface area contributed by atoms with Gasteiger partial charge in [-0.15, -0.1) is 0 Å². The Kier molecular flexibility index (Phi) is 4.56. The Bertz CT molecular complexity index is 686. The molecule has 2 heteroatoms. The average Bonchev–Trinajstić information content (AvgIpc) is 2.63. The molecule has 0 radical (unpaired) electrons. The molecule has 0 aliphatic rings. The highest BCUT2D eigenvalue weighted by Crippen LogP contribution is 2.33. The molecule has 0 heterocycles. The number of benzene rings is 3. The maximum absolute atomic E-state index is 11.6. The lowest BCUT2D eigenvalue weighted by Gasteiger charge is -2.35. The molecule has 116 valence electrons. The minimum atomic E-state index is -1.22. The first kappa shape index (κ1) is 15.5. The largest absolute Gasteiger partial charge is 0.379 e. The van der Waals surface area contributed by atoms with E-state index in [0.717, 1.165) is 16.7 Å². The van der Waals surface area contributed by atoms with Gasteiger partial charge in [0, 0.05) is 6.04 Å². The molecule has 1 atom stereocenters. The Morgan fingerprint density at radius 3 is 1.52 bits per heavy atom. The van der Waals surface area contributed by atoms with Crippen molar-refractivity contribution in [2.75, 3.05) is 0 Å². The third kappa shape index (κ3) is 3.19. The van der Waals surface area contributed by atoms with Crippen molar-refractivity contribution in [2.24, 2.45) is 5.73 Å². The van der Waals surface area contributed by atoms with E-state index in [-0.39, 0.29) is 0 Å². The van der Waals surface area contributed by atoms with Crippen LogP contribution < -0.4 is 5.73 Å². The third-order valence-electron chi connectivity index (χ3n) is 4.26. The minimum absolute atomic E-state index is 0.449. The minimum Gasteiger partial charge on any atom is -0.379 e. The molecule has 0 aromatic heterocycles. The van der Waals surface area contributed by atoms with E-state index in [1.54, 1.807) is 0 Å². The molecule has 0 aliphatic heterocycles. The summed E-state index contributed by atoms with van der Waals surface area (Å²) in [5.74, 6) is 0. The molecule has 0 unspecified atom stereocenters. The van der Waals surface area contributed by atoms with Gasteiger partial charge in [-0.1, -0.05) is 91.0 Å². The Hall–Kier alpha value is -2.42. The molecule has 0 saturated heterocycles. The number of hydrogen-bond acceptors (Lipinski definition) is 2. The quantitative estimate of drug-likeness (QED) is 0.758. The molecule has 0 fully saturated rings. The van der Waals surface area contributed by atoms with Crippen LogP contribution in [-0.2, 0) is 12.0 Å². The summed E-state index contributed by atoms with van der Waals surface area (Å²) in [6.07, 6.45) is 0.598. The van der Waals surface area contributed by atoms with Crippen LogP contribution in [0.3, 0.4) is 0 Å². The van der Waals surface area contributed by atoms with Gasteiger partial charge in [0.05, 0.1) is 0 Å². The first-order valence-electron chi connectivity index (χ1n) is 7.84. The SMILES string of the molecule is N[C@@H](Cc1ccccc1)C(O)(c1ccccc1)c1ccccc1.